The van der Waals surface area contributed by atoms with Crippen molar-refractivity contribution in [2.24, 2.45) is 5.73 Å². The third-order valence-electron chi connectivity index (χ3n) is 4.38. The van der Waals surface area contributed by atoms with E-state index in [4.69, 9.17) is 15.9 Å². The van der Waals surface area contributed by atoms with Crippen molar-refractivity contribution in [2.45, 2.75) is 56.7 Å². The van der Waals surface area contributed by atoms with Gasteiger partial charge >= 0.3 is 11.9 Å². The highest BCUT2D eigenvalue weighted by Crippen LogP contribution is 2.07. The molecule has 8 N–H and O–H groups in total. The van der Waals surface area contributed by atoms with Gasteiger partial charge in [-0.3, -0.25) is 24.0 Å². The molecule has 0 aliphatic carbocycles. The first-order valence-electron chi connectivity index (χ1n) is 9.50. The molecule has 29 heavy (non-hydrogen) atoms. The molecule has 0 aromatic heterocycles. The molecule has 1 aliphatic rings. The van der Waals surface area contributed by atoms with E-state index in [0.29, 0.717) is 32.4 Å². The van der Waals surface area contributed by atoms with Crippen LogP contribution in [-0.2, 0) is 24.0 Å². The Morgan fingerprint density at radius 2 is 1.72 bits per heavy atom. The molecule has 1 saturated heterocycles. The highest BCUT2D eigenvalue weighted by atomic mass is 16.4. The largest absolute Gasteiger partial charge is 0.481 e. The summed E-state index contributed by atoms with van der Waals surface area (Å²) in [5, 5.41) is 27.7. The highest BCUT2D eigenvalue weighted by molar-refractivity contribution is 5.95. The first-order chi connectivity index (χ1) is 13.7. The Balaban J connectivity index is 2.79. The second-order valence-electron chi connectivity index (χ2n) is 6.77. The number of hydrogen-bond donors (Lipinski definition) is 7. The number of carboxylic acids is 2. The maximum atomic E-state index is 12.6. The summed E-state index contributed by atoms with van der Waals surface area (Å²) in [5.74, 6) is -4.57. The molecule has 0 radical (unpaired) electrons. The van der Waals surface area contributed by atoms with Crippen LogP contribution in [0, 0.1) is 0 Å². The molecular formula is C17H29N5O7. The minimum atomic E-state index is -1.37. The van der Waals surface area contributed by atoms with Crippen molar-refractivity contribution in [3.05, 3.63) is 0 Å². The lowest BCUT2D eigenvalue weighted by atomic mass is 10.1. The lowest BCUT2D eigenvalue weighted by molar-refractivity contribution is -0.141. The molecule has 0 bridgehead atoms. The minimum Gasteiger partial charge on any atom is -0.481 e. The Hall–Kier alpha value is -2.73. The molecule has 12 heteroatoms. The zero-order valence-corrected chi connectivity index (χ0v) is 16.1. The number of amides is 3. The summed E-state index contributed by atoms with van der Waals surface area (Å²) < 4.78 is 0. The number of nitrogens with one attached hydrogen (secondary N) is 4. The van der Waals surface area contributed by atoms with Gasteiger partial charge in [0.05, 0.1) is 12.5 Å². The Bertz CT molecular complexity index is 607. The molecule has 0 aromatic carbocycles. The van der Waals surface area contributed by atoms with Crippen LogP contribution in [0.1, 0.15) is 38.5 Å². The van der Waals surface area contributed by atoms with Crippen molar-refractivity contribution in [1.29, 1.82) is 0 Å². The summed E-state index contributed by atoms with van der Waals surface area (Å²) in [6.45, 7) is 0.412. The standard InChI is InChI=1S/C17H29N5O7/c18-6-2-1-4-11(15(27)20-9-14(25)26)21-17(29)12(8-13(23)24)22-16(28)10-5-3-7-19-10/h10-12,19H,1-9,18H2,(H,20,27)(H,21,29)(H,22,28)(H,23,24)(H,25,26). The Labute approximate surface area is 168 Å². The number of unbranched alkanes of at least 4 members (excludes halogenated alkanes) is 1. The van der Waals surface area contributed by atoms with E-state index in [0.717, 1.165) is 6.42 Å². The maximum Gasteiger partial charge on any atom is 0.322 e. The lowest BCUT2D eigenvalue weighted by Gasteiger charge is -2.23. The van der Waals surface area contributed by atoms with Gasteiger partial charge in [-0.1, -0.05) is 0 Å². The summed E-state index contributed by atoms with van der Waals surface area (Å²) in [6, 6.07) is -2.95. The zero-order chi connectivity index (χ0) is 21.8. The molecule has 3 amide bonds. The predicted octanol–water partition coefficient (Wildman–Crippen LogP) is -2.49. The molecule has 0 aromatic rings. The average molecular weight is 415 g/mol. The Kier molecular flexibility index (Phi) is 10.6. The van der Waals surface area contributed by atoms with Crippen molar-refractivity contribution in [3.63, 3.8) is 0 Å². The molecule has 1 fully saturated rings. The Morgan fingerprint density at radius 1 is 1.00 bits per heavy atom. The number of hydrogen-bond acceptors (Lipinski definition) is 7. The average Bonchev–Trinajstić information content (AvgIpc) is 3.19. The van der Waals surface area contributed by atoms with Crippen LogP contribution in [-0.4, -0.2) is 77.6 Å². The van der Waals surface area contributed by atoms with E-state index in [9.17, 15) is 24.0 Å². The molecule has 0 saturated carbocycles. The topological polar surface area (TPSA) is 200 Å². The van der Waals surface area contributed by atoms with Gasteiger partial charge in [0.25, 0.3) is 0 Å². The molecule has 164 valence electrons. The lowest BCUT2D eigenvalue weighted by Crippen LogP contribution is -2.56. The van der Waals surface area contributed by atoms with E-state index in [2.05, 4.69) is 21.3 Å². The summed E-state index contributed by atoms with van der Waals surface area (Å²) in [4.78, 5) is 58.8. The van der Waals surface area contributed by atoms with E-state index < -0.39 is 60.8 Å². The van der Waals surface area contributed by atoms with E-state index in [-0.39, 0.29) is 6.42 Å². The number of carboxylic acid groups (broad SMARTS) is 2. The van der Waals surface area contributed by atoms with E-state index >= 15 is 0 Å². The molecule has 3 unspecified atom stereocenters. The molecule has 1 aliphatic heterocycles. The number of nitrogens with two attached hydrogens (primary N) is 1. The molecule has 3 atom stereocenters. The molecule has 12 nitrogen and oxygen atoms in total. The van der Waals surface area contributed by atoms with E-state index in [1.54, 1.807) is 0 Å². The first kappa shape index (κ1) is 24.3. The van der Waals surface area contributed by atoms with Gasteiger partial charge in [-0.05, 0) is 45.2 Å². The van der Waals surface area contributed by atoms with Crippen LogP contribution in [0.2, 0.25) is 0 Å². The van der Waals surface area contributed by atoms with Crippen molar-refractivity contribution in [3.8, 4) is 0 Å². The van der Waals surface area contributed by atoms with Crippen molar-refractivity contribution >= 4 is 29.7 Å². The van der Waals surface area contributed by atoms with Gasteiger partial charge in [0.15, 0.2) is 0 Å². The van der Waals surface area contributed by atoms with Gasteiger partial charge in [0, 0.05) is 0 Å². The van der Waals surface area contributed by atoms with Crippen LogP contribution in [0.5, 0.6) is 0 Å². The molecule has 1 heterocycles. The van der Waals surface area contributed by atoms with Gasteiger partial charge < -0.3 is 37.2 Å². The quantitative estimate of drug-likeness (QED) is 0.159. The smallest absolute Gasteiger partial charge is 0.322 e. The summed E-state index contributed by atoms with van der Waals surface area (Å²) >= 11 is 0. The van der Waals surface area contributed by atoms with Crippen LogP contribution in [0.4, 0.5) is 0 Å². The van der Waals surface area contributed by atoms with E-state index in [1.807, 2.05) is 0 Å². The van der Waals surface area contributed by atoms with Crippen molar-refractivity contribution in [1.82, 2.24) is 21.3 Å². The van der Waals surface area contributed by atoms with Crippen LogP contribution >= 0.6 is 0 Å². The third kappa shape index (κ3) is 9.34. The summed E-state index contributed by atoms with van der Waals surface area (Å²) in [5.41, 5.74) is 5.42. The van der Waals surface area contributed by atoms with Gasteiger partial charge in [0.1, 0.15) is 18.6 Å². The molecule has 1 rings (SSSR count). The highest BCUT2D eigenvalue weighted by Gasteiger charge is 2.31. The second-order valence-corrected chi connectivity index (χ2v) is 6.77. The van der Waals surface area contributed by atoms with Crippen LogP contribution in [0.25, 0.3) is 0 Å². The van der Waals surface area contributed by atoms with Crippen molar-refractivity contribution < 1.29 is 34.2 Å². The third-order valence-corrected chi connectivity index (χ3v) is 4.38. The second kappa shape index (κ2) is 12.7. The first-order valence-corrected chi connectivity index (χ1v) is 9.50. The zero-order valence-electron chi connectivity index (χ0n) is 16.1. The SMILES string of the molecule is NCCCCC(NC(=O)C(CC(=O)O)NC(=O)C1CCCN1)C(=O)NCC(=O)O. The number of carbonyl (C=O) groups is 5. The normalized spacial score (nSPS) is 17.8. The maximum absolute atomic E-state index is 12.6. The monoisotopic (exact) mass is 415 g/mol. The van der Waals surface area contributed by atoms with Gasteiger partial charge in [0.2, 0.25) is 17.7 Å². The number of rotatable bonds is 13. The fourth-order valence-electron chi connectivity index (χ4n) is 2.88. The van der Waals surface area contributed by atoms with Crippen molar-refractivity contribution in [2.75, 3.05) is 19.6 Å². The number of carbonyl (C=O) groups excluding carboxylic acids is 3. The number of aliphatic carboxylic acids is 2. The van der Waals surface area contributed by atoms with Gasteiger partial charge in [-0.25, -0.2) is 0 Å². The Morgan fingerprint density at radius 3 is 2.28 bits per heavy atom. The van der Waals surface area contributed by atoms with Crippen LogP contribution in [0.15, 0.2) is 0 Å². The van der Waals surface area contributed by atoms with Crippen LogP contribution in [0.3, 0.4) is 0 Å². The summed E-state index contributed by atoms with van der Waals surface area (Å²) in [7, 11) is 0. The molecular weight excluding hydrogens is 386 g/mol. The van der Waals surface area contributed by atoms with Gasteiger partial charge in [-0.15, -0.1) is 0 Å². The summed E-state index contributed by atoms with van der Waals surface area (Å²) in [6.07, 6.45) is 1.97. The van der Waals surface area contributed by atoms with E-state index in [1.165, 1.54) is 0 Å². The predicted molar refractivity (Wildman–Crippen MR) is 101 cm³/mol. The molecule has 0 spiro atoms. The van der Waals surface area contributed by atoms with Crippen LogP contribution < -0.4 is 27.0 Å². The fourth-order valence-corrected chi connectivity index (χ4v) is 2.88. The fraction of sp³-hybridized carbons (Fsp3) is 0.706. The minimum absolute atomic E-state index is 0.187. The van der Waals surface area contributed by atoms with Gasteiger partial charge in [-0.2, -0.15) is 0 Å².